The quantitative estimate of drug-likeness (QED) is 0.115. The number of ether oxygens (including phenoxy) is 2. The normalized spacial score (nSPS) is 16.9. The summed E-state index contributed by atoms with van der Waals surface area (Å²) >= 11 is 0. The number of benzene rings is 6. The zero-order valence-corrected chi connectivity index (χ0v) is 26.3. The molecule has 0 saturated heterocycles. The Labute approximate surface area is 261 Å². The molecule has 4 heteroatoms. The molecule has 0 spiro atoms. The van der Waals surface area contributed by atoms with Crippen molar-refractivity contribution in [3.05, 3.63) is 168 Å². The Hall–Kier alpha value is -4.48. The third-order valence-electron chi connectivity index (χ3n) is 9.39. The smallest absolute Gasteiger partial charge is 0.188 e. The van der Waals surface area contributed by atoms with Gasteiger partial charge >= 0.3 is 0 Å². The minimum atomic E-state index is -2.68. The van der Waals surface area contributed by atoms with E-state index in [2.05, 4.69) is 164 Å². The lowest BCUT2D eigenvalue weighted by atomic mass is 9.85. The van der Waals surface area contributed by atoms with Gasteiger partial charge in [-0.15, -0.1) is 0 Å². The third kappa shape index (κ3) is 4.76. The topological polar surface area (TPSA) is 21.7 Å². The zero-order chi connectivity index (χ0) is 29.9. The number of hydrogen-bond acceptors (Lipinski definition) is 3. The fourth-order valence-corrected chi connectivity index (χ4v) is 13.1. The first-order valence-electron chi connectivity index (χ1n) is 15.3. The second-order valence-electron chi connectivity index (χ2n) is 11.6. The first kappa shape index (κ1) is 28.3. The van der Waals surface area contributed by atoms with Gasteiger partial charge in [0.2, 0.25) is 0 Å². The highest BCUT2D eigenvalue weighted by molar-refractivity contribution is 7.12. The van der Waals surface area contributed by atoms with E-state index in [4.69, 9.17) is 9.47 Å². The summed E-state index contributed by atoms with van der Waals surface area (Å²) in [5.74, 6) is 0.865. The van der Waals surface area contributed by atoms with Crippen LogP contribution in [-0.2, 0) is 11.2 Å². The van der Waals surface area contributed by atoms with Crippen molar-refractivity contribution in [3.8, 4) is 5.75 Å². The van der Waals surface area contributed by atoms with Gasteiger partial charge < -0.3 is 9.47 Å². The molecule has 2 atom stereocenters. The summed E-state index contributed by atoms with van der Waals surface area (Å²) in [4.78, 5) is 2.67. The van der Waals surface area contributed by atoms with Crippen molar-refractivity contribution in [2.45, 2.75) is 18.1 Å². The molecule has 0 aliphatic carbocycles. The molecule has 0 saturated carbocycles. The van der Waals surface area contributed by atoms with Crippen LogP contribution in [0.1, 0.15) is 22.7 Å². The monoisotopic (exact) mass is 591 g/mol. The van der Waals surface area contributed by atoms with E-state index in [0.29, 0.717) is 0 Å². The van der Waals surface area contributed by atoms with Gasteiger partial charge in [0, 0.05) is 18.3 Å². The Morgan fingerprint density at radius 2 is 1.18 bits per heavy atom. The number of fused-ring (bicyclic) bond motifs is 2. The van der Waals surface area contributed by atoms with E-state index in [-0.39, 0.29) is 18.5 Å². The van der Waals surface area contributed by atoms with E-state index < -0.39 is 8.07 Å². The van der Waals surface area contributed by atoms with Crippen molar-refractivity contribution >= 4 is 34.4 Å². The van der Waals surface area contributed by atoms with Gasteiger partial charge in [0.15, 0.2) is 14.9 Å². The molecule has 6 aromatic carbocycles. The van der Waals surface area contributed by atoms with Crippen LogP contribution < -0.4 is 20.3 Å². The van der Waals surface area contributed by atoms with Crippen molar-refractivity contribution in [1.82, 2.24) is 4.90 Å². The minimum absolute atomic E-state index is 0.0223. The van der Waals surface area contributed by atoms with Crippen LogP contribution in [0.5, 0.6) is 5.75 Å². The maximum absolute atomic E-state index is 6.35. The standard InChI is InChI=1S/C40H37NO2Si/c1-41-38(44(32-18-6-3-7-19-32,33-20-8-4-9-21-33)34-22-10-5-11-23-34)28-31-17-13-15-25-36(31)40(41)39-35-24-14-12-16-30(35)26-27-37(39)43-29-42-2/h3-27,38,40H,28-29H2,1-2H3. The molecule has 0 fully saturated rings. The summed E-state index contributed by atoms with van der Waals surface area (Å²) < 4.78 is 11.8. The lowest BCUT2D eigenvalue weighted by Gasteiger charge is -2.51. The molecule has 0 radical (unpaired) electrons. The van der Waals surface area contributed by atoms with Gasteiger partial charge in [0.1, 0.15) is 5.75 Å². The molecule has 6 aromatic rings. The van der Waals surface area contributed by atoms with Gasteiger partial charge in [-0.25, -0.2) is 0 Å². The van der Waals surface area contributed by atoms with Crippen molar-refractivity contribution in [2.75, 3.05) is 21.0 Å². The number of nitrogens with zero attached hydrogens (tertiary/aromatic N) is 1. The highest BCUT2D eigenvalue weighted by atomic mass is 28.3. The molecule has 0 aromatic heterocycles. The SMILES string of the molecule is COCOc1ccc2ccccc2c1C1c2ccccc2CC([Si](c2ccccc2)(c2ccccc2)c2ccccc2)N1C. The summed E-state index contributed by atoms with van der Waals surface area (Å²) in [6.07, 6.45) is 0.951. The average Bonchev–Trinajstić information content (AvgIpc) is 3.09. The summed E-state index contributed by atoms with van der Waals surface area (Å²) in [5, 5.41) is 6.67. The fourth-order valence-electron chi connectivity index (χ4n) is 7.54. The predicted octanol–water partition coefficient (Wildman–Crippen LogP) is 6.48. The molecule has 218 valence electrons. The van der Waals surface area contributed by atoms with E-state index >= 15 is 0 Å². The molecule has 0 amide bonds. The summed E-state index contributed by atoms with van der Waals surface area (Å²) in [5.41, 5.74) is 4.13. The van der Waals surface area contributed by atoms with E-state index in [1.807, 2.05) is 0 Å². The molecular formula is C40H37NO2Si. The van der Waals surface area contributed by atoms with Crippen molar-refractivity contribution < 1.29 is 9.47 Å². The molecule has 44 heavy (non-hydrogen) atoms. The van der Waals surface area contributed by atoms with E-state index in [0.717, 1.165) is 12.2 Å². The van der Waals surface area contributed by atoms with Crippen LogP contribution in [0.2, 0.25) is 0 Å². The summed E-state index contributed by atoms with van der Waals surface area (Å²) in [7, 11) is 1.34. The Bertz CT molecular complexity index is 1760. The van der Waals surface area contributed by atoms with Crippen LogP contribution in [0, 0.1) is 0 Å². The summed E-state index contributed by atoms with van der Waals surface area (Å²) in [6, 6.07) is 55.8. The van der Waals surface area contributed by atoms with Crippen molar-refractivity contribution in [1.29, 1.82) is 0 Å². The molecule has 2 unspecified atom stereocenters. The lowest BCUT2D eigenvalue weighted by Crippen LogP contribution is -2.78. The molecule has 0 bridgehead atoms. The van der Waals surface area contributed by atoms with Crippen LogP contribution in [0.25, 0.3) is 10.8 Å². The lowest BCUT2D eigenvalue weighted by molar-refractivity contribution is 0.0495. The third-order valence-corrected chi connectivity index (χ3v) is 14.7. The van der Waals surface area contributed by atoms with Crippen LogP contribution in [-0.4, -0.2) is 39.6 Å². The van der Waals surface area contributed by atoms with Crippen molar-refractivity contribution in [2.24, 2.45) is 0 Å². The number of likely N-dealkylation sites (N-methyl/N-ethyl adjacent to an activating group) is 1. The van der Waals surface area contributed by atoms with Crippen LogP contribution in [0.4, 0.5) is 0 Å². The molecule has 3 nitrogen and oxygen atoms in total. The van der Waals surface area contributed by atoms with Gasteiger partial charge in [-0.3, -0.25) is 4.90 Å². The zero-order valence-electron chi connectivity index (χ0n) is 25.3. The van der Waals surface area contributed by atoms with Crippen molar-refractivity contribution in [3.63, 3.8) is 0 Å². The predicted molar refractivity (Wildman–Crippen MR) is 184 cm³/mol. The van der Waals surface area contributed by atoms with Crippen LogP contribution >= 0.6 is 0 Å². The van der Waals surface area contributed by atoms with Crippen LogP contribution in [0.15, 0.2) is 152 Å². The highest BCUT2D eigenvalue weighted by Gasteiger charge is 2.51. The molecular weight excluding hydrogens is 555 g/mol. The van der Waals surface area contributed by atoms with Gasteiger partial charge in [0.25, 0.3) is 0 Å². The Morgan fingerprint density at radius 3 is 1.80 bits per heavy atom. The van der Waals surface area contributed by atoms with E-state index in [9.17, 15) is 0 Å². The number of methoxy groups -OCH3 is 1. The Balaban J connectivity index is 1.54. The molecule has 1 aliphatic heterocycles. The molecule has 1 aliphatic rings. The largest absolute Gasteiger partial charge is 0.467 e. The second kappa shape index (κ2) is 12.3. The Morgan fingerprint density at radius 1 is 0.636 bits per heavy atom. The first-order valence-corrected chi connectivity index (χ1v) is 17.4. The molecule has 0 N–H and O–H groups in total. The maximum Gasteiger partial charge on any atom is 0.188 e. The maximum atomic E-state index is 6.35. The average molecular weight is 592 g/mol. The number of rotatable bonds is 8. The van der Waals surface area contributed by atoms with Gasteiger partial charge in [-0.05, 0) is 57.0 Å². The fraction of sp³-hybridized carbons (Fsp3) is 0.150. The van der Waals surface area contributed by atoms with Crippen LogP contribution in [0.3, 0.4) is 0 Å². The van der Waals surface area contributed by atoms with E-state index in [1.54, 1.807) is 7.11 Å². The van der Waals surface area contributed by atoms with Gasteiger partial charge in [0.05, 0.1) is 6.04 Å². The second-order valence-corrected chi connectivity index (χ2v) is 15.7. The molecule has 1 heterocycles. The Kier molecular flexibility index (Phi) is 7.88. The minimum Gasteiger partial charge on any atom is -0.467 e. The van der Waals surface area contributed by atoms with Gasteiger partial charge in [-0.1, -0.05) is 146 Å². The van der Waals surface area contributed by atoms with Gasteiger partial charge in [-0.2, -0.15) is 0 Å². The summed E-state index contributed by atoms with van der Waals surface area (Å²) in [6.45, 7) is 0.198. The highest BCUT2D eigenvalue weighted by Crippen LogP contribution is 2.45. The number of hydrogen-bond donors (Lipinski definition) is 0. The first-order chi connectivity index (χ1) is 21.7. The molecule has 7 rings (SSSR count). The van der Waals surface area contributed by atoms with E-state index in [1.165, 1.54) is 43.0 Å².